The summed E-state index contributed by atoms with van der Waals surface area (Å²) in [4.78, 5) is 6.75. The molecule has 0 bridgehead atoms. The fraction of sp³-hybridized carbons (Fsp3) is 0.500. The summed E-state index contributed by atoms with van der Waals surface area (Å²) in [5, 5.41) is 13.3. The Labute approximate surface area is 124 Å². The van der Waals surface area contributed by atoms with Crippen molar-refractivity contribution in [2.75, 3.05) is 19.7 Å². The number of benzene rings is 1. The summed E-state index contributed by atoms with van der Waals surface area (Å²) in [5.74, 6) is 1.66. The van der Waals surface area contributed by atoms with Crippen LogP contribution in [0.25, 0.3) is 11.4 Å². The van der Waals surface area contributed by atoms with E-state index in [1.54, 1.807) is 0 Å². The number of likely N-dealkylation sites (tertiary alicyclic amines) is 1. The molecule has 0 aliphatic carbocycles. The first-order valence-corrected chi connectivity index (χ1v) is 7.47. The number of piperidine rings is 1. The van der Waals surface area contributed by atoms with Gasteiger partial charge in [-0.3, -0.25) is 4.90 Å². The number of nitrogens with zero attached hydrogens (tertiary/aromatic N) is 3. The lowest BCUT2D eigenvalue weighted by Gasteiger charge is -2.30. The van der Waals surface area contributed by atoms with Gasteiger partial charge in [-0.25, -0.2) is 0 Å². The molecule has 1 unspecified atom stereocenters. The van der Waals surface area contributed by atoms with Crippen LogP contribution in [0.4, 0.5) is 0 Å². The van der Waals surface area contributed by atoms with Crippen molar-refractivity contribution in [1.29, 1.82) is 0 Å². The minimum Gasteiger partial charge on any atom is -0.396 e. The van der Waals surface area contributed by atoms with Crippen molar-refractivity contribution in [3.63, 3.8) is 0 Å². The highest BCUT2D eigenvalue weighted by Crippen LogP contribution is 2.20. The van der Waals surface area contributed by atoms with Gasteiger partial charge in [0.05, 0.1) is 6.54 Å². The lowest BCUT2D eigenvalue weighted by Crippen LogP contribution is -2.36. The topological polar surface area (TPSA) is 62.4 Å². The molecule has 5 heteroatoms. The first kappa shape index (κ1) is 14.2. The van der Waals surface area contributed by atoms with E-state index in [0.717, 1.165) is 31.5 Å². The molecule has 1 aliphatic rings. The highest BCUT2D eigenvalue weighted by molar-refractivity contribution is 5.54. The molecule has 1 aromatic heterocycles. The SMILES string of the molecule is Cc1ccc(-c2noc(CN3CCCC(CO)C3)n2)cc1. The molecule has 1 aromatic carbocycles. The summed E-state index contributed by atoms with van der Waals surface area (Å²) in [7, 11) is 0. The van der Waals surface area contributed by atoms with E-state index < -0.39 is 0 Å². The van der Waals surface area contributed by atoms with Gasteiger partial charge in [-0.15, -0.1) is 0 Å². The van der Waals surface area contributed by atoms with Crippen LogP contribution in [-0.4, -0.2) is 39.8 Å². The lowest BCUT2D eigenvalue weighted by atomic mass is 9.99. The smallest absolute Gasteiger partial charge is 0.241 e. The van der Waals surface area contributed by atoms with Crippen LogP contribution in [0.15, 0.2) is 28.8 Å². The predicted molar refractivity (Wildman–Crippen MR) is 79.6 cm³/mol. The van der Waals surface area contributed by atoms with E-state index >= 15 is 0 Å². The van der Waals surface area contributed by atoms with E-state index in [0.29, 0.717) is 24.2 Å². The zero-order valence-electron chi connectivity index (χ0n) is 12.3. The fourth-order valence-electron chi connectivity index (χ4n) is 2.77. The van der Waals surface area contributed by atoms with Crippen LogP contribution in [0.3, 0.4) is 0 Å². The van der Waals surface area contributed by atoms with E-state index in [1.807, 2.05) is 24.3 Å². The zero-order valence-corrected chi connectivity index (χ0v) is 12.3. The molecular weight excluding hydrogens is 266 g/mol. The van der Waals surface area contributed by atoms with Gasteiger partial charge in [0.15, 0.2) is 0 Å². The zero-order chi connectivity index (χ0) is 14.7. The van der Waals surface area contributed by atoms with Crippen LogP contribution in [0.2, 0.25) is 0 Å². The second-order valence-electron chi connectivity index (χ2n) is 5.80. The quantitative estimate of drug-likeness (QED) is 0.934. The summed E-state index contributed by atoms with van der Waals surface area (Å²) in [6.45, 7) is 4.90. The molecule has 0 amide bonds. The second-order valence-corrected chi connectivity index (χ2v) is 5.80. The van der Waals surface area contributed by atoms with Crippen LogP contribution in [-0.2, 0) is 6.54 Å². The molecule has 2 heterocycles. The third kappa shape index (κ3) is 3.49. The Morgan fingerprint density at radius 3 is 2.90 bits per heavy atom. The predicted octanol–water partition coefficient (Wildman–Crippen LogP) is 2.25. The number of hydrogen-bond donors (Lipinski definition) is 1. The van der Waals surface area contributed by atoms with Crippen LogP contribution in [0, 0.1) is 12.8 Å². The molecule has 5 nitrogen and oxygen atoms in total. The molecule has 0 radical (unpaired) electrons. The van der Waals surface area contributed by atoms with E-state index in [9.17, 15) is 5.11 Å². The molecule has 2 aromatic rings. The van der Waals surface area contributed by atoms with E-state index in [1.165, 1.54) is 5.56 Å². The van der Waals surface area contributed by atoms with Gasteiger partial charge in [-0.05, 0) is 32.2 Å². The first-order valence-electron chi connectivity index (χ1n) is 7.47. The molecule has 1 atom stereocenters. The average Bonchev–Trinajstić information content (AvgIpc) is 2.96. The van der Waals surface area contributed by atoms with Gasteiger partial charge in [0, 0.05) is 18.7 Å². The molecule has 3 rings (SSSR count). The van der Waals surface area contributed by atoms with Gasteiger partial charge in [-0.1, -0.05) is 35.0 Å². The average molecular weight is 287 g/mol. The molecule has 1 aliphatic heterocycles. The maximum Gasteiger partial charge on any atom is 0.241 e. The van der Waals surface area contributed by atoms with Crippen molar-refractivity contribution >= 4 is 0 Å². The molecule has 1 N–H and O–H groups in total. The third-order valence-corrected chi connectivity index (χ3v) is 4.00. The van der Waals surface area contributed by atoms with Crippen molar-refractivity contribution in [2.24, 2.45) is 5.92 Å². The Morgan fingerprint density at radius 2 is 2.14 bits per heavy atom. The highest BCUT2D eigenvalue weighted by atomic mass is 16.5. The standard InChI is InChI=1S/C16H21N3O2/c1-12-4-6-14(7-5-12)16-17-15(21-18-16)10-19-8-2-3-13(9-19)11-20/h4-7,13,20H,2-3,8-11H2,1H3. The fourth-order valence-corrected chi connectivity index (χ4v) is 2.77. The van der Waals surface area contributed by atoms with Crippen LogP contribution < -0.4 is 0 Å². The van der Waals surface area contributed by atoms with Gasteiger partial charge in [0.1, 0.15) is 0 Å². The summed E-state index contributed by atoms with van der Waals surface area (Å²) in [6, 6.07) is 8.10. The lowest BCUT2D eigenvalue weighted by molar-refractivity contribution is 0.107. The summed E-state index contributed by atoms with van der Waals surface area (Å²) < 4.78 is 5.36. The van der Waals surface area contributed by atoms with Crippen LogP contribution >= 0.6 is 0 Å². The van der Waals surface area contributed by atoms with Crippen molar-refractivity contribution < 1.29 is 9.63 Å². The van der Waals surface area contributed by atoms with Crippen LogP contribution in [0.5, 0.6) is 0 Å². The van der Waals surface area contributed by atoms with Gasteiger partial charge < -0.3 is 9.63 Å². The number of aliphatic hydroxyl groups excluding tert-OH is 1. The molecule has 112 valence electrons. The van der Waals surface area contributed by atoms with Crippen molar-refractivity contribution in [3.8, 4) is 11.4 Å². The maximum atomic E-state index is 9.27. The largest absolute Gasteiger partial charge is 0.396 e. The number of rotatable bonds is 4. The maximum absolute atomic E-state index is 9.27. The molecule has 0 saturated carbocycles. The Hall–Kier alpha value is -1.72. The van der Waals surface area contributed by atoms with Gasteiger partial charge in [-0.2, -0.15) is 4.98 Å². The van der Waals surface area contributed by atoms with E-state index in [-0.39, 0.29) is 6.61 Å². The summed E-state index contributed by atoms with van der Waals surface area (Å²) >= 11 is 0. The van der Waals surface area contributed by atoms with Gasteiger partial charge >= 0.3 is 0 Å². The first-order chi connectivity index (χ1) is 10.2. The number of aliphatic hydroxyl groups is 1. The minimum atomic E-state index is 0.259. The Morgan fingerprint density at radius 1 is 1.33 bits per heavy atom. The molecule has 0 spiro atoms. The Balaban J connectivity index is 1.66. The van der Waals surface area contributed by atoms with E-state index in [2.05, 4.69) is 22.0 Å². The Bertz CT molecular complexity index is 579. The summed E-state index contributed by atoms with van der Waals surface area (Å²) in [6.07, 6.45) is 2.22. The van der Waals surface area contributed by atoms with Crippen LogP contribution in [0.1, 0.15) is 24.3 Å². The Kier molecular flexibility index (Phi) is 4.31. The van der Waals surface area contributed by atoms with Gasteiger partial charge in [0.25, 0.3) is 0 Å². The molecular formula is C16H21N3O2. The molecule has 1 fully saturated rings. The number of aryl methyl sites for hydroxylation is 1. The second kappa shape index (κ2) is 6.37. The normalized spacial score (nSPS) is 19.8. The monoisotopic (exact) mass is 287 g/mol. The van der Waals surface area contributed by atoms with Gasteiger partial charge in [0.2, 0.25) is 11.7 Å². The van der Waals surface area contributed by atoms with E-state index in [4.69, 9.17) is 4.52 Å². The minimum absolute atomic E-state index is 0.259. The van der Waals surface area contributed by atoms with Crippen molar-refractivity contribution in [3.05, 3.63) is 35.7 Å². The highest BCUT2D eigenvalue weighted by Gasteiger charge is 2.21. The number of hydrogen-bond acceptors (Lipinski definition) is 5. The number of aromatic nitrogens is 2. The van der Waals surface area contributed by atoms with Crippen molar-refractivity contribution in [2.45, 2.75) is 26.3 Å². The summed E-state index contributed by atoms with van der Waals surface area (Å²) in [5.41, 5.74) is 2.19. The molecule has 21 heavy (non-hydrogen) atoms. The third-order valence-electron chi connectivity index (χ3n) is 4.00. The molecule has 1 saturated heterocycles. The van der Waals surface area contributed by atoms with Crippen molar-refractivity contribution in [1.82, 2.24) is 15.0 Å².